The van der Waals surface area contributed by atoms with Crippen LogP contribution in [0.25, 0.3) is 0 Å². The Hall–Kier alpha value is 0.0200. The van der Waals surface area contributed by atoms with Gasteiger partial charge in [0, 0.05) is 10.5 Å². The summed E-state index contributed by atoms with van der Waals surface area (Å²) in [5.74, 6) is 0. The van der Waals surface area contributed by atoms with E-state index in [4.69, 9.17) is 0 Å². The summed E-state index contributed by atoms with van der Waals surface area (Å²) in [5, 5.41) is 0. The largest absolute Gasteiger partial charge is 0.293 e. The van der Waals surface area contributed by atoms with Crippen LogP contribution in [0.2, 0.25) is 0 Å². The normalized spacial score (nSPS) is 11.3. The summed E-state index contributed by atoms with van der Waals surface area (Å²) in [7, 11) is 0. The summed E-state index contributed by atoms with van der Waals surface area (Å²) in [6.45, 7) is 9.43. The van der Waals surface area contributed by atoms with E-state index in [1.54, 1.807) is 0 Å². The Morgan fingerprint density at radius 2 is 1.90 bits per heavy atom. The maximum atomic E-state index is 4.36. The standard InChI is InChI=1S/C8H17NS/c1-7(2)9-6-8(3,4)10-5/h6H2,1-5H3. The first-order valence-electron chi connectivity index (χ1n) is 3.51. The average Bonchev–Trinajstić information content (AvgIpc) is 1.85. The molecule has 10 heavy (non-hydrogen) atoms. The van der Waals surface area contributed by atoms with Gasteiger partial charge in [-0.15, -0.1) is 0 Å². The van der Waals surface area contributed by atoms with Crippen LogP contribution in [0.3, 0.4) is 0 Å². The zero-order valence-corrected chi connectivity index (χ0v) is 8.38. The molecule has 0 aromatic carbocycles. The van der Waals surface area contributed by atoms with E-state index in [9.17, 15) is 0 Å². The molecule has 0 radical (unpaired) electrons. The Morgan fingerprint density at radius 1 is 1.40 bits per heavy atom. The number of thioether (sulfide) groups is 1. The molecule has 0 fully saturated rings. The van der Waals surface area contributed by atoms with Gasteiger partial charge in [0.1, 0.15) is 0 Å². The lowest BCUT2D eigenvalue weighted by Crippen LogP contribution is -2.18. The molecule has 0 aromatic heterocycles. The van der Waals surface area contributed by atoms with E-state index in [0.717, 1.165) is 6.54 Å². The molecular weight excluding hydrogens is 142 g/mol. The van der Waals surface area contributed by atoms with Crippen LogP contribution in [0.1, 0.15) is 27.7 Å². The molecule has 0 atom stereocenters. The molecule has 0 spiro atoms. The van der Waals surface area contributed by atoms with Crippen LogP contribution in [0, 0.1) is 0 Å². The fourth-order valence-corrected chi connectivity index (χ4v) is 0.607. The van der Waals surface area contributed by atoms with Gasteiger partial charge in [0.05, 0.1) is 6.54 Å². The number of rotatable bonds is 3. The van der Waals surface area contributed by atoms with Crippen molar-refractivity contribution in [3.8, 4) is 0 Å². The highest BCUT2D eigenvalue weighted by molar-refractivity contribution is 7.99. The minimum absolute atomic E-state index is 0.303. The summed E-state index contributed by atoms with van der Waals surface area (Å²) in [4.78, 5) is 4.36. The molecule has 0 aliphatic carbocycles. The van der Waals surface area contributed by atoms with Crippen molar-refractivity contribution in [1.29, 1.82) is 0 Å². The van der Waals surface area contributed by atoms with E-state index in [-0.39, 0.29) is 0 Å². The summed E-state index contributed by atoms with van der Waals surface area (Å²) in [6.07, 6.45) is 2.13. The molecule has 0 aromatic rings. The van der Waals surface area contributed by atoms with Crippen molar-refractivity contribution in [2.75, 3.05) is 12.8 Å². The molecule has 0 heterocycles. The fraction of sp³-hybridized carbons (Fsp3) is 0.875. The molecule has 0 rings (SSSR count). The van der Waals surface area contributed by atoms with Gasteiger partial charge in [0.2, 0.25) is 0 Å². The van der Waals surface area contributed by atoms with E-state index in [1.165, 1.54) is 5.71 Å². The quantitative estimate of drug-likeness (QED) is 0.577. The Morgan fingerprint density at radius 3 is 2.20 bits per heavy atom. The molecular formula is C8H17NS. The van der Waals surface area contributed by atoms with Crippen LogP contribution in [0.15, 0.2) is 4.99 Å². The SMILES string of the molecule is CSC(C)(C)CN=C(C)C. The molecule has 0 saturated heterocycles. The second kappa shape index (κ2) is 4.02. The lowest BCUT2D eigenvalue weighted by atomic mass is 10.2. The van der Waals surface area contributed by atoms with Crippen molar-refractivity contribution < 1.29 is 0 Å². The van der Waals surface area contributed by atoms with Crippen LogP contribution in [-0.2, 0) is 0 Å². The van der Waals surface area contributed by atoms with Gasteiger partial charge in [0.25, 0.3) is 0 Å². The zero-order valence-electron chi connectivity index (χ0n) is 7.56. The van der Waals surface area contributed by atoms with E-state index in [0.29, 0.717) is 4.75 Å². The van der Waals surface area contributed by atoms with Crippen LogP contribution < -0.4 is 0 Å². The van der Waals surface area contributed by atoms with Crippen LogP contribution in [-0.4, -0.2) is 23.3 Å². The van der Waals surface area contributed by atoms with Gasteiger partial charge in [-0.2, -0.15) is 11.8 Å². The Bertz CT molecular complexity index is 123. The van der Waals surface area contributed by atoms with Crippen molar-refractivity contribution >= 4 is 17.5 Å². The molecule has 0 aliphatic heterocycles. The highest BCUT2D eigenvalue weighted by atomic mass is 32.2. The molecule has 2 heteroatoms. The third-order valence-electron chi connectivity index (χ3n) is 1.33. The number of nitrogens with zero attached hydrogens (tertiary/aromatic N) is 1. The number of hydrogen-bond donors (Lipinski definition) is 0. The Labute approximate surface area is 68.3 Å². The summed E-state index contributed by atoms with van der Waals surface area (Å²) in [5.41, 5.74) is 1.17. The van der Waals surface area contributed by atoms with Crippen molar-refractivity contribution in [3.05, 3.63) is 0 Å². The summed E-state index contributed by atoms with van der Waals surface area (Å²) < 4.78 is 0.303. The van der Waals surface area contributed by atoms with Crippen LogP contribution >= 0.6 is 11.8 Å². The summed E-state index contributed by atoms with van der Waals surface area (Å²) in [6, 6.07) is 0. The third kappa shape index (κ3) is 4.86. The highest BCUT2D eigenvalue weighted by Crippen LogP contribution is 2.20. The molecule has 0 unspecified atom stereocenters. The minimum atomic E-state index is 0.303. The maximum absolute atomic E-state index is 4.36. The fourth-order valence-electron chi connectivity index (χ4n) is 0.413. The zero-order chi connectivity index (χ0) is 8.20. The maximum Gasteiger partial charge on any atom is 0.0530 e. The topological polar surface area (TPSA) is 12.4 Å². The molecule has 0 amide bonds. The molecule has 60 valence electrons. The minimum Gasteiger partial charge on any atom is -0.293 e. The first-order valence-corrected chi connectivity index (χ1v) is 4.73. The third-order valence-corrected chi connectivity index (χ3v) is 2.56. The van der Waals surface area contributed by atoms with Gasteiger partial charge in [-0.3, -0.25) is 4.99 Å². The monoisotopic (exact) mass is 159 g/mol. The average molecular weight is 159 g/mol. The predicted molar refractivity (Wildman–Crippen MR) is 51.2 cm³/mol. The van der Waals surface area contributed by atoms with Crippen LogP contribution in [0.5, 0.6) is 0 Å². The first kappa shape index (κ1) is 10.0. The molecule has 0 N–H and O–H groups in total. The first-order chi connectivity index (χ1) is 4.48. The van der Waals surface area contributed by atoms with Gasteiger partial charge in [-0.25, -0.2) is 0 Å². The van der Waals surface area contributed by atoms with Crippen LogP contribution in [0.4, 0.5) is 0 Å². The second-order valence-electron chi connectivity index (χ2n) is 3.23. The highest BCUT2D eigenvalue weighted by Gasteiger charge is 2.13. The van der Waals surface area contributed by atoms with Crippen molar-refractivity contribution in [3.63, 3.8) is 0 Å². The lowest BCUT2D eigenvalue weighted by Gasteiger charge is -2.18. The van der Waals surface area contributed by atoms with E-state index < -0.39 is 0 Å². The van der Waals surface area contributed by atoms with E-state index in [2.05, 4.69) is 25.1 Å². The van der Waals surface area contributed by atoms with Crippen molar-refractivity contribution in [2.24, 2.45) is 4.99 Å². The second-order valence-corrected chi connectivity index (χ2v) is 4.74. The lowest BCUT2D eigenvalue weighted by molar-refractivity contribution is 0.726. The van der Waals surface area contributed by atoms with E-state index in [1.807, 2.05) is 25.6 Å². The molecule has 1 nitrogen and oxygen atoms in total. The van der Waals surface area contributed by atoms with Gasteiger partial charge < -0.3 is 0 Å². The van der Waals surface area contributed by atoms with Gasteiger partial charge in [-0.05, 0) is 34.0 Å². The Balaban J connectivity index is 3.78. The molecule has 0 aliphatic rings. The Kier molecular flexibility index (Phi) is 4.02. The molecule has 0 saturated carbocycles. The van der Waals surface area contributed by atoms with Crippen molar-refractivity contribution in [1.82, 2.24) is 0 Å². The van der Waals surface area contributed by atoms with Crippen molar-refractivity contribution in [2.45, 2.75) is 32.4 Å². The molecule has 0 bridgehead atoms. The smallest absolute Gasteiger partial charge is 0.0530 e. The summed E-state index contributed by atoms with van der Waals surface area (Å²) >= 11 is 1.86. The predicted octanol–water partition coefficient (Wildman–Crippen LogP) is 2.61. The van der Waals surface area contributed by atoms with Gasteiger partial charge in [-0.1, -0.05) is 0 Å². The van der Waals surface area contributed by atoms with Gasteiger partial charge >= 0.3 is 0 Å². The number of hydrogen-bond acceptors (Lipinski definition) is 2. The number of aliphatic imine (C=N–C) groups is 1. The van der Waals surface area contributed by atoms with Gasteiger partial charge in [0.15, 0.2) is 0 Å². The van der Waals surface area contributed by atoms with E-state index >= 15 is 0 Å².